The minimum absolute atomic E-state index is 0.354. The van der Waals surface area contributed by atoms with E-state index in [1.54, 1.807) is 0 Å². The van der Waals surface area contributed by atoms with E-state index in [4.69, 9.17) is 4.74 Å². The molecule has 2 nitrogen and oxygen atoms in total. The second-order valence-electron chi connectivity index (χ2n) is 5.81. The van der Waals surface area contributed by atoms with Crippen LogP contribution in [-0.4, -0.2) is 26.3 Å². The van der Waals surface area contributed by atoms with Gasteiger partial charge in [-0.25, -0.2) is 0 Å². The highest BCUT2D eigenvalue weighted by atomic mass is 16.5. The summed E-state index contributed by atoms with van der Waals surface area (Å²) < 4.78 is 5.69. The molecule has 0 aromatic carbocycles. The Morgan fingerprint density at radius 3 is 2.25 bits per heavy atom. The van der Waals surface area contributed by atoms with E-state index in [0.29, 0.717) is 17.3 Å². The molecule has 0 amide bonds. The Kier molecular flexibility index (Phi) is 8.04. The van der Waals surface area contributed by atoms with Gasteiger partial charge < -0.3 is 10.1 Å². The Bertz CT molecular complexity index is 168. The van der Waals surface area contributed by atoms with Crippen LogP contribution in [0.4, 0.5) is 0 Å². The van der Waals surface area contributed by atoms with Gasteiger partial charge in [0.2, 0.25) is 0 Å². The second-order valence-corrected chi connectivity index (χ2v) is 5.81. The van der Waals surface area contributed by atoms with Crippen LogP contribution in [0.1, 0.15) is 48.0 Å². The zero-order valence-electron chi connectivity index (χ0n) is 12.1. The molecule has 16 heavy (non-hydrogen) atoms. The SMILES string of the molecule is CCNCC(C)(CCOCC(C)C)C(C)C. The zero-order valence-corrected chi connectivity index (χ0v) is 12.1. The molecule has 1 unspecified atom stereocenters. The molecule has 2 heteroatoms. The van der Waals surface area contributed by atoms with Crippen molar-refractivity contribution in [2.45, 2.75) is 48.0 Å². The molecule has 1 atom stereocenters. The molecule has 0 aromatic heterocycles. The van der Waals surface area contributed by atoms with Crippen molar-refractivity contribution >= 4 is 0 Å². The van der Waals surface area contributed by atoms with E-state index in [9.17, 15) is 0 Å². The minimum Gasteiger partial charge on any atom is -0.381 e. The van der Waals surface area contributed by atoms with Crippen LogP contribution in [0.25, 0.3) is 0 Å². The van der Waals surface area contributed by atoms with E-state index in [1.165, 1.54) is 0 Å². The Morgan fingerprint density at radius 2 is 1.81 bits per heavy atom. The van der Waals surface area contributed by atoms with Gasteiger partial charge in [-0.3, -0.25) is 0 Å². The highest BCUT2D eigenvalue weighted by Gasteiger charge is 2.27. The monoisotopic (exact) mass is 229 g/mol. The maximum atomic E-state index is 5.69. The molecule has 0 radical (unpaired) electrons. The van der Waals surface area contributed by atoms with E-state index in [2.05, 4.69) is 46.9 Å². The summed E-state index contributed by atoms with van der Waals surface area (Å²) in [5.41, 5.74) is 0.354. The van der Waals surface area contributed by atoms with Gasteiger partial charge in [0.05, 0.1) is 0 Å². The fraction of sp³-hybridized carbons (Fsp3) is 1.00. The third-order valence-corrected chi connectivity index (χ3v) is 3.44. The quantitative estimate of drug-likeness (QED) is 0.612. The molecule has 0 bridgehead atoms. The van der Waals surface area contributed by atoms with Crippen LogP contribution in [0.15, 0.2) is 0 Å². The molecule has 0 heterocycles. The third-order valence-electron chi connectivity index (χ3n) is 3.44. The van der Waals surface area contributed by atoms with Crippen LogP contribution in [0, 0.1) is 17.3 Å². The van der Waals surface area contributed by atoms with Crippen molar-refractivity contribution < 1.29 is 4.74 Å². The molecule has 0 aromatic rings. The average molecular weight is 229 g/mol. The summed E-state index contributed by atoms with van der Waals surface area (Å²) in [6.07, 6.45) is 1.14. The first kappa shape index (κ1) is 15.9. The summed E-state index contributed by atoms with van der Waals surface area (Å²) in [5, 5.41) is 3.46. The van der Waals surface area contributed by atoms with Crippen molar-refractivity contribution in [3.05, 3.63) is 0 Å². The molecular formula is C14H31NO. The van der Waals surface area contributed by atoms with Crippen molar-refractivity contribution in [3.8, 4) is 0 Å². The topological polar surface area (TPSA) is 21.3 Å². The van der Waals surface area contributed by atoms with Crippen molar-refractivity contribution in [3.63, 3.8) is 0 Å². The largest absolute Gasteiger partial charge is 0.381 e. The second kappa shape index (κ2) is 8.08. The van der Waals surface area contributed by atoms with E-state index in [0.717, 1.165) is 32.7 Å². The lowest BCUT2D eigenvalue weighted by molar-refractivity contribution is 0.0652. The van der Waals surface area contributed by atoms with Crippen molar-refractivity contribution in [1.82, 2.24) is 5.32 Å². The van der Waals surface area contributed by atoms with Crippen LogP contribution < -0.4 is 5.32 Å². The molecule has 0 aliphatic rings. The van der Waals surface area contributed by atoms with Gasteiger partial charge >= 0.3 is 0 Å². The first-order valence-corrected chi connectivity index (χ1v) is 6.70. The summed E-state index contributed by atoms with van der Waals surface area (Å²) in [6, 6.07) is 0. The van der Waals surface area contributed by atoms with Crippen LogP contribution >= 0.6 is 0 Å². The molecule has 0 rings (SSSR count). The molecule has 0 spiro atoms. The molecule has 0 aliphatic heterocycles. The smallest absolute Gasteiger partial charge is 0.0488 e. The van der Waals surface area contributed by atoms with Gasteiger partial charge in [0.15, 0.2) is 0 Å². The minimum atomic E-state index is 0.354. The standard InChI is InChI=1S/C14H31NO/c1-7-15-11-14(6,13(4)5)8-9-16-10-12(2)3/h12-13,15H,7-11H2,1-6H3. The number of hydrogen-bond donors (Lipinski definition) is 1. The van der Waals surface area contributed by atoms with Crippen LogP contribution in [-0.2, 0) is 4.74 Å². The van der Waals surface area contributed by atoms with Gasteiger partial charge in [0.25, 0.3) is 0 Å². The van der Waals surface area contributed by atoms with Gasteiger partial charge in [-0.15, -0.1) is 0 Å². The molecule has 0 aliphatic carbocycles. The molecule has 0 fully saturated rings. The summed E-state index contributed by atoms with van der Waals surface area (Å²) >= 11 is 0. The Labute approximate surface area is 102 Å². The normalized spacial score (nSPS) is 15.8. The van der Waals surface area contributed by atoms with Crippen molar-refractivity contribution in [1.29, 1.82) is 0 Å². The lowest BCUT2D eigenvalue weighted by Crippen LogP contribution is -2.37. The first-order valence-electron chi connectivity index (χ1n) is 6.70. The van der Waals surface area contributed by atoms with Crippen molar-refractivity contribution in [2.24, 2.45) is 17.3 Å². The highest BCUT2D eigenvalue weighted by molar-refractivity contribution is 4.79. The van der Waals surface area contributed by atoms with Gasteiger partial charge in [0.1, 0.15) is 0 Å². The lowest BCUT2D eigenvalue weighted by atomic mass is 9.76. The molecular weight excluding hydrogens is 198 g/mol. The number of nitrogens with one attached hydrogen (secondary N) is 1. The van der Waals surface area contributed by atoms with E-state index in [-0.39, 0.29) is 0 Å². The van der Waals surface area contributed by atoms with E-state index < -0.39 is 0 Å². The lowest BCUT2D eigenvalue weighted by Gasteiger charge is -2.34. The molecule has 0 saturated heterocycles. The van der Waals surface area contributed by atoms with Gasteiger partial charge in [-0.1, -0.05) is 41.5 Å². The third kappa shape index (κ3) is 6.49. The average Bonchev–Trinajstić information content (AvgIpc) is 2.21. The predicted molar refractivity (Wildman–Crippen MR) is 71.8 cm³/mol. The van der Waals surface area contributed by atoms with Gasteiger partial charge in [0, 0.05) is 19.8 Å². The fourth-order valence-electron chi connectivity index (χ4n) is 1.62. The summed E-state index contributed by atoms with van der Waals surface area (Å²) in [6.45, 7) is 17.4. The van der Waals surface area contributed by atoms with Crippen LogP contribution in [0.5, 0.6) is 0 Å². The van der Waals surface area contributed by atoms with Crippen molar-refractivity contribution in [2.75, 3.05) is 26.3 Å². The number of ether oxygens (including phenoxy) is 1. The summed E-state index contributed by atoms with van der Waals surface area (Å²) in [5.74, 6) is 1.33. The maximum Gasteiger partial charge on any atom is 0.0488 e. The van der Waals surface area contributed by atoms with Gasteiger partial charge in [-0.2, -0.15) is 0 Å². The fourth-order valence-corrected chi connectivity index (χ4v) is 1.62. The Hall–Kier alpha value is -0.0800. The molecule has 98 valence electrons. The summed E-state index contributed by atoms with van der Waals surface area (Å²) in [7, 11) is 0. The Balaban J connectivity index is 3.92. The Morgan fingerprint density at radius 1 is 1.19 bits per heavy atom. The molecule has 0 saturated carbocycles. The van der Waals surface area contributed by atoms with Gasteiger partial charge in [-0.05, 0) is 30.2 Å². The highest BCUT2D eigenvalue weighted by Crippen LogP contribution is 2.30. The zero-order chi connectivity index (χ0) is 12.6. The summed E-state index contributed by atoms with van der Waals surface area (Å²) in [4.78, 5) is 0. The van der Waals surface area contributed by atoms with Crippen LogP contribution in [0.2, 0.25) is 0 Å². The van der Waals surface area contributed by atoms with Crippen LogP contribution in [0.3, 0.4) is 0 Å². The van der Waals surface area contributed by atoms with E-state index in [1.807, 2.05) is 0 Å². The van der Waals surface area contributed by atoms with E-state index >= 15 is 0 Å². The molecule has 1 N–H and O–H groups in total. The maximum absolute atomic E-state index is 5.69. The number of hydrogen-bond acceptors (Lipinski definition) is 2. The first-order chi connectivity index (χ1) is 7.42. The number of rotatable bonds is 9. The predicted octanol–water partition coefficient (Wildman–Crippen LogP) is 3.32.